The SMILES string of the molecule is CC1CN(C(CN)c2cc(Br)ccc2Cl)CC(C)O1. The van der Waals surface area contributed by atoms with Gasteiger partial charge >= 0.3 is 0 Å². The second-order valence-electron chi connectivity index (χ2n) is 5.13. The molecule has 1 fully saturated rings. The number of nitrogens with zero attached hydrogens (tertiary/aromatic N) is 1. The Labute approximate surface area is 128 Å². The lowest BCUT2D eigenvalue weighted by molar-refractivity contribution is -0.0799. The van der Waals surface area contributed by atoms with E-state index in [0.717, 1.165) is 28.1 Å². The second kappa shape index (κ2) is 6.55. The maximum absolute atomic E-state index is 6.33. The monoisotopic (exact) mass is 346 g/mol. The summed E-state index contributed by atoms with van der Waals surface area (Å²) in [7, 11) is 0. The first-order valence-electron chi connectivity index (χ1n) is 6.55. The van der Waals surface area contributed by atoms with Gasteiger partial charge in [-0.05, 0) is 37.6 Å². The molecule has 0 aromatic heterocycles. The summed E-state index contributed by atoms with van der Waals surface area (Å²) in [6.45, 7) is 6.51. The molecule has 2 rings (SSSR count). The van der Waals surface area contributed by atoms with E-state index in [1.54, 1.807) is 0 Å². The zero-order valence-corrected chi connectivity index (χ0v) is 13.6. The summed E-state index contributed by atoms with van der Waals surface area (Å²) in [5, 5.41) is 0.769. The predicted molar refractivity (Wildman–Crippen MR) is 82.5 cm³/mol. The fraction of sp³-hybridized carbons (Fsp3) is 0.571. The molecule has 3 atom stereocenters. The molecule has 1 aliphatic rings. The van der Waals surface area contributed by atoms with Gasteiger partial charge in [-0.25, -0.2) is 0 Å². The van der Waals surface area contributed by atoms with E-state index in [0.29, 0.717) is 6.54 Å². The van der Waals surface area contributed by atoms with Crippen LogP contribution >= 0.6 is 27.5 Å². The average Bonchev–Trinajstić information content (AvgIpc) is 2.33. The molecule has 19 heavy (non-hydrogen) atoms. The van der Waals surface area contributed by atoms with Gasteiger partial charge in [0.05, 0.1) is 12.2 Å². The molecule has 1 aromatic rings. The van der Waals surface area contributed by atoms with Gasteiger partial charge in [0.2, 0.25) is 0 Å². The summed E-state index contributed by atoms with van der Waals surface area (Å²) in [5.41, 5.74) is 7.07. The summed E-state index contributed by atoms with van der Waals surface area (Å²) >= 11 is 9.83. The van der Waals surface area contributed by atoms with Crippen molar-refractivity contribution in [2.24, 2.45) is 5.73 Å². The number of ether oxygens (including phenoxy) is 1. The minimum atomic E-state index is 0.138. The minimum absolute atomic E-state index is 0.138. The first kappa shape index (κ1) is 15.3. The third kappa shape index (κ3) is 3.70. The fourth-order valence-corrected chi connectivity index (χ4v) is 3.34. The van der Waals surface area contributed by atoms with Crippen LogP contribution in [0, 0.1) is 0 Å². The van der Waals surface area contributed by atoms with E-state index in [-0.39, 0.29) is 18.2 Å². The van der Waals surface area contributed by atoms with Gasteiger partial charge in [-0.3, -0.25) is 4.90 Å². The molecule has 1 saturated heterocycles. The third-order valence-electron chi connectivity index (χ3n) is 3.43. The highest BCUT2D eigenvalue weighted by molar-refractivity contribution is 9.10. The van der Waals surface area contributed by atoms with Gasteiger partial charge < -0.3 is 10.5 Å². The molecule has 0 amide bonds. The molecule has 1 aromatic carbocycles. The summed E-state index contributed by atoms with van der Waals surface area (Å²) in [5.74, 6) is 0. The number of benzene rings is 1. The molecule has 3 unspecified atom stereocenters. The molecular formula is C14H20BrClN2O. The van der Waals surface area contributed by atoms with Crippen LogP contribution in [-0.4, -0.2) is 36.7 Å². The molecule has 1 heterocycles. The molecule has 0 aliphatic carbocycles. The van der Waals surface area contributed by atoms with Gasteiger partial charge in [-0.1, -0.05) is 27.5 Å². The molecule has 0 spiro atoms. The van der Waals surface area contributed by atoms with Crippen molar-refractivity contribution in [3.63, 3.8) is 0 Å². The standard InChI is InChI=1S/C14H20BrClN2O/c1-9-7-18(8-10(2)19-9)14(6-17)12-5-11(15)3-4-13(12)16/h3-5,9-10,14H,6-8,17H2,1-2H3. The summed E-state index contributed by atoms with van der Waals surface area (Å²) < 4.78 is 6.80. The molecule has 5 heteroatoms. The van der Waals surface area contributed by atoms with E-state index in [9.17, 15) is 0 Å². The lowest BCUT2D eigenvalue weighted by Crippen LogP contribution is -2.48. The third-order valence-corrected chi connectivity index (χ3v) is 4.27. The smallest absolute Gasteiger partial charge is 0.0678 e. The Kier molecular flexibility index (Phi) is 5.26. The van der Waals surface area contributed by atoms with Gasteiger partial charge in [0.15, 0.2) is 0 Å². The summed E-state index contributed by atoms with van der Waals surface area (Å²) in [6, 6.07) is 6.06. The van der Waals surface area contributed by atoms with Gasteiger partial charge in [-0.2, -0.15) is 0 Å². The first-order chi connectivity index (χ1) is 9.01. The quantitative estimate of drug-likeness (QED) is 0.912. The molecule has 2 N–H and O–H groups in total. The minimum Gasteiger partial charge on any atom is -0.373 e. The predicted octanol–water partition coefficient (Wildman–Crippen LogP) is 3.21. The number of hydrogen-bond donors (Lipinski definition) is 1. The maximum Gasteiger partial charge on any atom is 0.0678 e. The fourth-order valence-electron chi connectivity index (χ4n) is 2.71. The number of hydrogen-bond acceptors (Lipinski definition) is 3. The Morgan fingerprint density at radius 3 is 2.63 bits per heavy atom. The van der Waals surface area contributed by atoms with Crippen LogP contribution in [0.1, 0.15) is 25.5 Å². The topological polar surface area (TPSA) is 38.5 Å². The van der Waals surface area contributed by atoms with Gasteiger partial charge in [0.25, 0.3) is 0 Å². The Balaban J connectivity index is 2.26. The van der Waals surface area contributed by atoms with Crippen LogP contribution in [0.15, 0.2) is 22.7 Å². The Bertz CT molecular complexity index is 433. The average molecular weight is 348 g/mol. The van der Waals surface area contributed by atoms with Crippen molar-refractivity contribution < 1.29 is 4.74 Å². The van der Waals surface area contributed by atoms with E-state index in [1.807, 2.05) is 12.1 Å². The summed E-state index contributed by atoms with van der Waals surface area (Å²) in [4.78, 5) is 2.37. The van der Waals surface area contributed by atoms with Gasteiger partial charge in [-0.15, -0.1) is 0 Å². The van der Waals surface area contributed by atoms with Crippen molar-refractivity contribution in [1.29, 1.82) is 0 Å². The van der Waals surface area contributed by atoms with Crippen molar-refractivity contribution >= 4 is 27.5 Å². The molecule has 106 valence electrons. The number of morpholine rings is 1. The zero-order valence-electron chi connectivity index (χ0n) is 11.3. The van der Waals surface area contributed by atoms with Crippen molar-refractivity contribution in [2.45, 2.75) is 32.1 Å². The highest BCUT2D eigenvalue weighted by Gasteiger charge is 2.29. The van der Waals surface area contributed by atoms with E-state index in [1.165, 1.54) is 0 Å². The lowest BCUT2D eigenvalue weighted by Gasteiger charge is -2.40. The van der Waals surface area contributed by atoms with E-state index in [4.69, 9.17) is 22.1 Å². The van der Waals surface area contributed by atoms with Crippen LogP contribution in [0.4, 0.5) is 0 Å². The number of halogens is 2. The normalized spacial score (nSPS) is 26.4. The Morgan fingerprint density at radius 1 is 1.42 bits per heavy atom. The zero-order chi connectivity index (χ0) is 14.0. The highest BCUT2D eigenvalue weighted by Crippen LogP contribution is 2.31. The van der Waals surface area contributed by atoms with E-state index in [2.05, 4.69) is 40.7 Å². The molecule has 1 aliphatic heterocycles. The van der Waals surface area contributed by atoms with Crippen LogP contribution < -0.4 is 5.73 Å². The number of nitrogens with two attached hydrogens (primary N) is 1. The van der Waals surface area contributed by atoms with E-state index >= 15 is 0 Å². The van der Waals surface area contributed by atoms with Gasteiger partial charge in [0.1, 0.15) is 0 Å². The van der Waals surface area contributed by atoms with Gasteiger partial charge in [0, 0.05) is 35.2 Å². The van der Waals surface area contributed by atoms with Crippen LogP contribution in [0.25, 0.3) is 0 Å². The van der Waals surface area contributed by atoms with Crippen LogP contribution in [0.5, 0.6) is 0 Å². The molecular weight excluding hydrogens is 328 g/mol. The molecule has 0 bridgehead atoms. The van der Waals surface area contributed by atoms with Crippen molar-refractivity contribution in [2.75, 3.05) is 19.6 Å². The van der Waals surface area contributed by atoms with Crippen molar-refractivity contribution in [3.8, 4) is 0 Å². The largest absolute Gasteiger partial charge is 0.373 e. The molecule has 0 radical (unpaired) electrons. The highest BCUT2D eigenvalue weighted by atomic mass is 79.9. The van der Waals surface area contributed by atoms with Crippen molar-refractivity contribution in [1.82, 2.24) is 4.90 Å². The summed E-state index contributed by atoms with van der Waals surface area (Å²) in [6.07, 6.45) is 0.451. The molecule has 3 nitrogen and oxygen atoms in total. The molecule has 0 saturated carbocycles. The maximum atomic E-state index is 6.33. The lowest BCUT2D eigenvalue weighted by atomic mass is 10.0. The number of rotatable bonds is 3. The van der Waals surface area contributed by atoms with Crippen molar-refractivity contribution in [3.05, 3.63) is 33.3 Å². The Morgan fingerprint density at radius 2 is 2.05 bits per heavy atom. The Hall–Kier alpha value is -0.130. The first-order valence-corrected chi connectivity index (χ1v) is 7.73. The van der Waals surface area contributed by atoms with Crippen LogP contribution in [0.3, 0.4) is 0 Å². The van der Waals surface area contributed by atoms with Crippen LogP contribution in [-0.2, 0) is 4.74 Å². The van der Waals surface area contributed by atoms with E-state index < -0.39 is 0 Å². The second-order valence-corrected chi connectivity index (χ2v) is 6.45. The van der Waals surface area contributed by atoms with Crippen LogP contribution in [0.2, 0.25) is 5.02 Å².